The van der Waals surface area contributed by atoms with Crippen LogP contribution in [0, 0.1) is 11.8 Å². The Morgan fingerprint density at radius 1 is 0.717 bits per heavy atom. The third kappa shape index (κ3) is 2.90. The number of nitrogens with zero attached hydrogens (tertiary/aromatic N) is 2. The SMILES string of the molecule is CC12c3cccc4c3N(c3cccc5c3B4c3ccc(-n4c6ccccc6c6ccccc64)cc3O5)C1(C)CCC1CCCC[C@H]12. The van der Waals surface area contributed by atoms with Crippen LogP contribution in [-0.2, 0) is 5.41 Å². The Labute approximate surface area is 270 Å². The summed E-state index contributed by atoms with van der Waals surface area (Å²) in [6.45, 7) is 5.39. The summed E-state index contributed by atoms with van der Waals surface area (Å²) in [5, 5.41) is 2.56. The van der Waals surface area contributed by atoms with E-state index in [1.54, 1.807) is 5.56 Å². The van der Waals surface area contributed by atoms with Gasteiger partial charge in [-0.1, -0.05) is 92.9 Å². The second-order valence-electron chi connectivity index (χ2n) is 15.1. The van der Waals surface area contributed by atoms with Crippen LogP contribution in [0.5, 0.6) is 11.5 Å². The number of rotatable bonds is 1. The Kier molecular flexibility index (Phi) is 4.85. The first-order chi connectivity index (χ1) is 22.6. The van der Waals surface area contributed by atoms with Crippen LogP contribution < -0.4 is 26.0 Å². The van der Waals surface area contributed by atoms with E-state index in [0.29, 0.717) is 0 Å². The van der Waals surface area contributed by atoms with Gasteiger partial charge in [0.15, 0.2) is 0 Å². The van der Waals surface area contributed by atoms with Crippen LogP contribution in [0.15, 0.2) is 103 Å². The van der Waals surface area contributed by atoms with E-state index >= 15 is 0 Å². The molecule has 2 fully saturated rings. The molecule has 0 N–H and O–H groups in total. The van der Waals surface area contributed by atoms with Crippen molar-refractivity contribution in [3.63, 3.8) is 0 Å². The summed E-state index contributed by atoms with van der Waals surface area (Å²) >= 11 is 0. The molecule has 5 aliphatic rings. The van der Waals surface area contributed by atoms with E-state index in [-0.39, 0.29) is 17.7 Å². The van der Waals surface area contributed by atoms with Gasteiger partial charge in [-0.2, -0.15) is 0 Å². The summed E-state index contributed by atoms with van der Waals surface area (Å²) in [6, 6.07) is 38.6. The van der Waals surface area contributed by atoms with Crippen molar-refractivity contribution in [1.29, 1.82) is 0 Å². The van der Waals surface area contributed by atoms with Gasteiger partial charge in [0.25, 0.3) is 6.71 Å². The number of hydrogen-bond acceptors (Lipinski definition) is 2. The molecule has 46 heavy (non-hydrogen) atoms. The fourth-order valence-electron chi connectivity index (χ4n) is 11.3. The van der Waals surface area contributed by atoms with E-state index in [1.807, 2.05) is 0 Å². The van der Waals surface area contributed by atoms with Crippen molar-refractivity contribution in [3.8, 4) is 17.2 Å². The highest BCUT2D eigenvalue weighted by Gasteiger charge is 2.65. The standard InChI is InChI=1S/C42H37BN2O/c1-41-24-23-26-11-3-6-14-30(26)42(41,2)31-15-9-16-33-40(31)45(41)36-19-10-20-37-39(36)43(33)32-22-21-27(25-38(32)46-37)44-34-17-7-4-12-28(34)29-13-5-8-18-35(29)44/h4-5,7-10,12-13,15-22,25-26,30H,3,6,11,14,23-24H2,1-2H3/t26?,30-,41?,42?/m1/s1. The van der Waals surface area contributed by atoms with Crippen molar-refractivity contribution in [2.24, 2.45) is 11.8 Å². The lowest BCUT2D eigenvalue weighted by Gasteiger charge is -2.58. The van der Waals surface area contributed by atoms with Crippen molar-refractivity contribution in [3.05, 3.63) is 109 Å². The molecule has 0 radical (unpaired) electrons. The predicted octanol–water partition coefficient (Wildman–Crippen LogP) is 8.49. The topological polar surface area (TPSA) is 17.4 Å². The molecule has 0 bridgehead atoms. The third-order valence-corrected chi connectivity index (χ3v) is 13.4. The summed E-state index contributed by atoms with van der Waals surface area (Å²) in [6.07, 6.45) is 8.14. The maximum Gasteiger partial charge on any atom is 0.256 e. The smallest absolute Gasteiger partial charge is 0.256 e. The monoisotopic (exact) mass is 596 g/mol. The highest BCUT2D eigenvalue weighted by atomic mass is 16.5. The molecule has 0 spiro atoms. The molecule has 4 heteroatoms. The van der Waals surface area contributed by atoms with Gasteiger partial charge in [-0.05, 0) is 90.3 Å². The predicted molar refractivity (Wildman–Crippen MR) is 191 cm³/mol. The minimum absolute atomic E-state index is 0.0463. The molecule has 0 amide bonds. The first-order valence-electron chi connectivity index (χ1n) is 17.4. The molecule has 5 aromatic carbocycles. The number of hydrogen-bond donors (Lipinski definition) is 0. The lowest BCUT2D eigenvalue weighted by atomic mass is 9.34. The number of benzene rings is 5. The molecule has 3 nitrogen and oxygen atoms in total. The van der Waals surface area contributed by atoms with Crippen molar-refractivity contribution < 1.29 is 4.74 Å². The fourth-order valence-corrected chi connectivity index (χ4v) is 11.3. The van der Waals surface area contributed by atoms with E-state index in [0.717, 1.165) is 29.0 Å². The summed E-state index contributed by atoms with van der Waals surface area (Å²) in [4.78, 5) is 2.80. The van der Waals surface area contributed by atoms with Gasteiger partial charge >= 0.3 is 0 Å². The summed E-state index contributed by atoms with van der Waals surface area (Å²) in [7, 11) is 0. The number of ether oxygens (including phenoxy) is 1. The molecule has 6 aromatic rings. The maximum atomic E-state index is 6.95. The molecule has 4 atom stereocenters. The lowest BCUT2D eigenvalue weighted by molar-refractivity contribution is 0.0321. The first-order valence-corrected chi connectivity index (χ1v) is 17.4. The van der Waals surface area contributed by atoms with Crippen molar-refractivity contribution in [2.45, 2.75) is 63.3 Å². The second-order valence-corrected chi connectivity index (χ2v) is 15.1. The minimum atomic E-state index is 0.0463. The van der Waals surface area contributed by atoms with E-state index in [4.69, 9.17) is 4.74 Å². The summed E-state index contributed by atoms with van der Waals surface area (Å²) < 4.78 is 9.35. The molecule has 4 heterocycles. The number of anilines is 2. The van der Waals surface area contributed by atoms with Crippen LogP contribution in [0.25, 0.3) is 27.5 Å². The quantitative estimate of drug-likeness (QED) is 0.177. The highest BCUT2D eigenvalue weighted by Crippen LogP contribution is 2.66. The summed E-state index contributed by atoms with van der Waals surface area (Å²) in [5.41, 5.74) is 12.3. The second kappa shape index (κ2) is 8.67. The molecular weight excluding hydrogens is 559 g/mol. The maximum absolute atomic E-state index is 6.95. The van der Waals surface area contributed by atoms with Gasteiger partial charge in [0.1, 0.15) is 11.5 Å². The normalized spacial score (nSPS) is 26.7. The Morgan fingerprint density at radius 2 is 1.48 bits per heavy atom. The number of para-hydroxylation sites is 3. The van der Waals surface area contributed by atoms with Gasteiger partial charge in [0.05, 0.1) is 16.6 Å². The first kappa shape index (κ1) is 25.7. The summed E-state index contributed by atoms with van der Waals surface area (Å²) in [5.74, 6) is 3.57. The van der Waals surface area contributed by atoms with Crippen LogP contribution in [0.1, 0.15) is 57.9 Å². The largest absolute Gasteiger partial charge is 0.458 e. The van der Waals surface area contributed by atoms with E-state index in [9.17, 15) is 0 Å². The van der Waals surface area contributed by atoms with Gasteiger partial charge in [-0.25, -0.2) is 0 Å². The van der Waals surface area contributed by atoms with Crippen LogP contribution in [-0.4, -0.2) is 16.8 Å². The fraction of sp³-hybridized carbons (Fsp3) is 0.286. The van der Waals surface area contributed by atoms with Crippen LogP contribution in [0.4, 0.5) is 11.4 Å². The zero-order valence-corrected chi connectivity index (χ0v) is 26.6. The zero-order valence-electron chi connectivity index (χ0n) is 26.6. The Balaban J connectivity index is 1.14. The third-order valence-electron chi connectivity index (χ3n) is 13.4. The molecular formula is C42H37BN2O. The average Bonchev–Trinajstić information content (AvgIpc) is 3.54. The van der Waals surface area contributed by atoms with E-state index < -0.39 is 0 Å². The Bertz CT molecular complexity index is 2230. The van der Waals surface area contributed by atoms with Crippen LogP contribution in [0.3, 0.4) is 0 Å². The molecule has 11 rings (SSSR count). The zero-order chi connectivity index (χ0) is 30.4. The highest BCUT2D eigenvalue weighted by molar-refractivity contribution is 6.99. The number of fused-ring (bicyclic) bond motifs is 12. The van der Waals surface area contributed by atoms with Crippen molar-refractivity contribution >= 4 is 56.3 Å². The van der Waals surface area contributed by atoms with Gasteiger partial charge in [-0.15, -0.1) is 0 Å². The Hall–Kier alpha value is -4.44. The van der Waals surface area contributed by atoms with Gasteiger partial charge in [0.2, 0.25) is 0 Å². The van der Waals surface area contributed by atoms with Crippen molar-refractivity contribution in [2.75, 3.05) is 4.90 Å². The van der Waals surface area contributed by atoms with Crippen LogP contribution >= 0.6 is 0 Å². The molecule has 224 valence electrons. The Morgan fingerprint density at radius 3 is 2.30 bits per heavy atom. The van der Waals surface area contributed by atoms with Gasteiger partial charge in [-0.3, -0.25) is 0 Å². The van der Waals surface area contributed by atoms with Crippen LogP contribution in [0.2, 0.25) is 0 Å². The van der Waals surface area contributed by atoms with E-state index in [1.165, 1.54) is 88.1 Å². The molecule has 2 saturated carbocycles. The molecule has 3 aliphatic heterocycles. The van der Waals surface area contributed by atoms with Gasteiger partial charge in [0, 0.05) is 39.3 Å². The van der Waals surface area contributed by atoms with Gasteiger partial charge < -0.3 is 14.2 Å². The van der Waals surface area contributed by atoms with Crippen molar-refractivity contribution in [1.82, 2.24) is 4.57 Å². The minimum Gasteiger partial charge on any atom is -0.458 e. The molecule has 2 aliphatic carbocycles. The number of aromatic nitrogens is 1. The molecule has 0 saturated heterocycles. The van der Waals surface area contributed by atoms with E-state index in [2.05, 4.69) is 126 Å². The lowest BCUT2D eigenvalue weighted by Crippen LogP contribution is -2.65. The molecule has 3 unspecified atom stereocenters. The average molecular weight is 597 g/mol. The molecule has 1 aromatic heterocycles.